The molecule has 0 amide bonds. The summed E-state index contributed by atoms with van der Waals surface area (Å²) in [5, 5.41) is 0. The van der Waals surface area contributed by atoms with Crippen molar-refractivity contribution in [1.29, 1.82) is 0 Å². The van der Waals surface area contributed by atoms with E-state index in [0.717, 1.165) is 5.56 Å². The zero-order valence-corrected chi connectivity index (χ0v) is 6.16. The Kier molecular flexibility index (Phi) is 8.04. The minimum absolute atomic E-state index is 0. The molecule has 0 aliphatic heterocycles. The van der Waals surface area contributed by atoms with E-state index in [2.05, 4.69) is 6.92 Å². The van der Waals surface area contributed by atoms with Crippen LogP contribution in [0, 0.1) is 6.92 Å². The van der Waals surface area contributed by atoms with Crippen LogP contribution < -0.4 is 0 Å². The summed E-state index contributed by atoms with van der Waals surface area (Å²) in [6.07, 6.45) is 0. The van der Waals surface area contributed by atoms with Gasteiger partial charge in [0, 0.05) is 21.7 Å². The Morgan fingerprint density at radius 1 is 1.00 bits per heavy atom. The second-order valence-corrected chi connectivity index (χ2v) is 1.49. The Morgan fingerprint density at radius 2 is 1.44 bits per heavy atom. The van der Waals surface area contributed by atoms with Crippen LogP contribution in [-0.2, 0) is 21.7 Å². The first-order valence-electron chi connectivity index (χ1n) is 2.26. The van der Waals surface area contributed by atoms with Crippen molar-refractivity contribution in [2.75, 3.05) is 0 Å². The van der Waals surface area contributed by atoms with Gasteiger partial charge in [0.15, 0.2) is 0 Å². The molecule has 0 unspecified atom stereocenters. The number of hydrogen-bond donors (Lipinski definition) is 0. The van der Waals surface area contributed by atoms with E-state index < -0.39 is 0 Å². The van der Waals surface area contributed by atoms with Crippen molar-refractivity contribution < 1.29 is 21.7 Å². The van der Waals surface area contributed by atoms with Crippen molar-refractivity contribution in [3.05, 3.63) is 42.8 Å². The second-order valence-electron chi connectivity index (χ2n) is 1.49. The van der Waals surface area contributed by atoms with Crippen LogP contribution in [0.25, 0.3) is 0 Å². The largest absolute Gasteiger partial charge is 0.199 e. The first-order chi connectivity index (χ1) is 3.39. The summed E-state index contributed by atoms with van der Waals surface area (Å²) in [6.45, 7) is 3.72. The number of benzene rings is 1. The van der Waals surface area contributed by atoms with Gasteiger partial charge in [-0.2, -0.15) is 24.6 Å². The summed E-state index contributed by atoms with van der Waals surface area (Å²) in [4.78, 5) is 0. The van der Waals surface area contributed by atoms with Crippen LogP contribution in [-0.4, -0.2) is 11.0 Å². The predicted molar refractivity (Wildman–Crippen MR) is 42.2 cm³/mol. The molecule has 0 heterocycles. The molecule has 0 saturated heterocycles. The Hall–Kier alpha value is 0.0212. The van der Waals surface area contributed by atoms with E-state index in [4.69, 9.17) is 0 Å². The zero-order valence-electron chi connectivity index (χ0n) is 4.59. The third kappa shape index (κ3) is 4.52. The quantitative estimate of drug-likeness (QED) is 0.392. The zero-order chi connectivity index (χ0) is 5.11. The van der Waals surface area contributed by atoms with E-state index in [1.807, 2.05) is 30.3 Å². The van der Waals surface area contributed by atoms with Crippen molar-refractivity contribution in [2.24, 2.45) is 0 Å². The van der Waals surface area contributed by atoms with Crippen molar-refractivity contribution >= 4 is 11.0 Å². The molecule has 48 valence electrons. The van der Waals surface area contributed by atoms with Gasteiger partial charge in [0.05, 0.1) is 0 Å². The van der Waals surface area contributed by atoms with Crippen LogP contribution >= 0.6 is 0 Å². The van der Waals surface area contributed by atoms with Crippen LogP contribution in [0.1, 0.15) is 5.56 Å². The molecule has 1 rings (SSSR count). The van der Waals surface area contributed by atoms with Gasteiger partial charge in [-0.25, -0.2) is 0 Å². The fraction of sp³-hybridized carbons (Fsp3) is 0. The minimum atomic E-state index is 0. The molecule has 1 aromatic carbocycles. The molecule has 0 atom stereocenters. The Balaban J connectivity index is 0. The average Bonchev–Trinajstić information content (AvgIpc) is 1.69. The maximum Gasteiger partial charge on any atom is 0 e. The molecule has 0 radical (unpaired) electrons. The SMILES string of the molecule is [CH2-]c1ccccc1.[SiH4].[Ti]. The third-order valence-electron chi connectivity index (χ3n) is 0.843. The molecule has 2 heteroatoms. The summed E-state index contributed by atoms with van der Waals surface area (Å²) < 4.78 is 0. The molecule has 0 spiro atoms. The van der Waals surface area contributed by atoms with Gasteiger partial charge in [-0.05, 0) is 11.0 Å². The van der Waals surface area contributed by atoms with E-state index >= 15 is 0 Å². The van der Waals surface area contributed by atoms with Crippen molar-refractivity contribution in [3.8, 4) is 0 Å². The summed E-state index contributed by atoms with van der Waals surface area (Å²) in [5.74, 6) is 0. The average molecular weight is 171 g/mol. The Morgan fingerprint density at radius 3 is 1.67 bits per heavy atom. The molecule has 0 saturated carbocycles. The second kappa shape index (κ2) is 6.15. The first-order valence-corrected chi connectivity index (χ1v) is 2.26. The van der Waals surface area contributed by atoms with E-state index in [1.165, 1.54) is 0 Å². The molecule has 0 fully saturated rings. The van der Waals surface area contributed by atoms with E-state index in [1.54, 1.807) is 0 Å². The van der Waals surface area contributed by atoms with Gasteiger partial charge in [0.2, 0.25) is 0 Å². The van der Waals surface area contributed by atoms with Gasteiger partial charge >= 0.3 is 0 Å². The minimum Gasteiger partial charge on any atom is -0.199 e. The summed E-state index contributed by atoms with van der Waals surface area (Å²) in [6, 6.07) is 9.87. The molecule has 0 N–H and O–H groups in total. The van der Waals surface area contributed by atoms with Gasteiger partial charge in [-0.1, -0.05) is 6.07 Å². The predicted octanol–water partition coefficient (Wildman–Crippen LogP) is 0.415. The molecule has 0 nitrogen and oxygen atoms in total. The van der Waals surface area contributed by atoms with Crippen molar-refractivity contribution in [3.63, 3.8) is 0 Å². The molecule has 0 aliphatic rings. The van der Waals surface area contributed by atoms with Crippen molar-refractivity contribution in [1.82, 2.24) is 0 Å². The van der Waals surface area contributed by atoms with Crippen LogP contribution in [0.4, 0.5) is 0 Å². The molecular weight excluding hydrogens is 160 g/mol. The van der Waals surface area contributed by atoms with E-state index in [0.29, 0.717) is 0 Å². The normalized spacial score (nSPS) is 6.67. The van der Waals surface area contributed by atoms with E-state index in [9.17, 15) is 0 Å². The first kappa shape index (κ1) is 11.8. The van der Waals surface area contributed by atoms with Gasteiger partial charge in [-0.3, -0.25) is 0 Å². The summed E-state index contributed by atoms with van der Waals surface area (Å²) in [5.41, 5.74) is 1.07. The third-order valence-corrected chi connectivity index (χ3v) is 0.843. The maximum absolute atomic E-state index is 3.72. The van der Waals surface area contributed by atoms with Gasteiger partial charge in [0.1, 0.15) is 0 Å². The van der Waals surface area contributed by atoms with E-state index in [-0.39, 0.29) is 32.7 Å². The van der Waals surface area contributed by atoms with Crippen LogP contribution in [0.5, 0.6) is 0 Å². The van der Waals surface area contributed by atoms with Gasteiger partial charge in [-0.15, -0.1) is 12.1 Å². The molecular formula is C7H11SiTi-. The van der Waals surface area contributed by atoms with Gasteiger partial charge in [0.25, 0.3) is 0 Å². The van der Waals surface area contributed by atoms with Crippen LogP contribution in [0.2, 0.25) is 0 Å². The Labute approximate surface area is 75.6 Å². The monoisotopic (exact) mass is 171 g/mol. The van der Waals surface area contributed by atoms with Crippen molar-refractivity contribution in [2.45, 2.75) is 0 Å². The van der Waals surface area contributed by atoms with Crippen LogP contribution in [0.3, 0.4) is 0 Å². The molecule has 1 aromatic rings. The van der Waals surface area contributed by atoms with Crippen LogP contribution in [0.15, 0.2) is 30.3 Å². The summed E-state index contributed by atoms with van der Waals surface area (Å²) >= 11 is 0. The number of rotatable bonds is 0. The standard InChI is InChI=1S/C7H7.H4Si.Ti/c1-7-5-3-2-4-6-7;;/h2-6H,1H2;1H4;/q-1;;. The molecule has 0 aromatic heterocycles. The molecule has 9 heavy (non-hydrogen) atoms. The number of hydrogen-bond acceptors (Lipinski definition) is 0. The molecule has 0 aliphatic carbocycles. The topological polar surface area (TPSA) is 0 Å². The fourth-order valence-electron chi connectivity index (χ4n) is 0.478. The summed E-state index contributed by atoms with van der Waals surface area (Å²) in [7, 11) is 0. The van der Waals surface area contributed by atoms with Gasteiger partial charge < -0.3 is 0 Å². The maximum atomic E-state index is 3.72. The Bertz CT molecular complexity index is 139. The molecule has 0 bridgehead atoms. The fourth-order valence-corrected chi connectivity index (χ4v) is 0.478. The smallest absolute Gasteiger partial charge is 0 e.